The second-order valence-corrected chi connectivity index (χ2v) is 7.10. The van der Waals surface area contributed by atoms with Gasteiger partial charge in [-0.25, -0.2) is 4.98 Å². The fourth-order valence-corrected chi connectivity index (χ4v) is 3.64. The zero-order valence-corrected chi connectivity index (χ0v) is 15.4. The summed E-state index contributed by atoms with van der Waals surface area (Å²) in [6.07, 6.45) is 0. The Morgan fingerprint density at radius 2 is 1.93 bits per heavy atom. The number of carbonyl (C=O) groups excluding carboxylic acids is 1. The number of fused-ring (bicyclic) bond motifs is 1. The highest BCUT2D eigenvalue weighted by molar-refractivity contribution is 7.16. The van der Waals surface area contributed by atoms with Gasteiger partial charge in [-0.3, -0.25) is 15.2 Å². The van der Waals surface area contributed by atoms with E-state index in [-0.39, 0.29) is 11.7 Å². The van der Waals surface area contributed by atoms with Gasteiger partial charge in [0.2, 0.25) is 0 Å². The van der Waals surface area contributed by atoms with E-state index in [0.29, 0.717) is 16.5 Å². The van der Waals surface area contributed by atoms with Crippen LogP contribution in [-0.4, -0.2) is 27.7 Å². The van der Waals surface area contributed by atoms with Crippen molar-refractivity contribution in [2.45, 2.75) is 13.5 Å². The van der Waals surface area contributed by atoms with Crippen molar-refractivity contribution in [2.75, 3.05) is 5.32 Å². The summed E-state index contributed by atoms with van der Waals surface area (Å²) in [5.74, 6) is -0.288. The van der Waals surface area contributed by atoms with Gasteiger partial charge in [-0.2, -0.15) is 13.9 Å². The van der Waals surface area contributed by atoms with Crippen molar-refractivity contribution in [2.24, 2.45) is 0 Å². The predicted octanol–water partition coefficient (Wildman–Crippen LogP) is 4.85. The molecule has 0 spiro atoms. The number of H-pyrrole nitrogens is 1. The molecule has 0 aliphatic rings. The summed E-state index contributed by atoms with van der Waals surface area (Å²) in [5, 5.41) is 10.8. The number of benzene rings is 2. The standard InChI is InChI=1S/C19H14F2N4O2S/c1-10-15(11-6-8-12(9-7-11)27-18(20)21)22-19(28-10)23-17(26)16-13-4-2-3-5-14(13)24-25-16/h2-9,18H,1H3,(H,24,25)(H,22,23,26). The van der Waals surface area contributed by atoms with Crippen molar-refractivity contribution in [1.82, 2.24) is 15.2 Å². The van der Waals surface area contributed by atoms with Crippen LogP contribution in [0.15, 0.2) is 48.5 Å². The van der Waals surface area contributed by atoms with E-state index in [1.165, 1.54) is 23.5 Å². The number of rotatable bonds is 5. The molecule has 2 aromatic heterocycles. The first-order valence-electron chi connectivity index (χ1n) is 8.28. The molecule has 4 rings (SSSR count). The Morgan fingerprint density at radius 3 is 2.68 bits per heavy atom. The summed E-state index contributed by atoms with van der Waals surface area (Å²) in [6.45, 7) is -0.998. The first-order valence-corrected chi connectivity index (χ1v) is 9.10. The Labute approximate surface area is 162 Å². The zero-order valence-electron chi connectivity index (χ0n) is 14.6. The van der Waals surface area contributed by atoms with Gasteiger partial charge in [0, 0.05) is 15.8 Å². The summed E-state index contributed by atoms with van der Waals surface area (Å²) < 4.78 is 28.9. The maximum atomic E-state index is 12.6. The molecule has 0 radical (unpaired) electrons. The van der Waals surface area contributed by atoms with Gasteiger partial charge in [0.15, 0.2) is 10.8 Å². The topological polar surface area (TPSA) is 79.9 Å². The number of ether oxygens (including phenoxy) is 1. The van der Waals surface area contributed by atoms with Crippen LogP contribution in [0.4, 0.5) is 13.9 Å². The molecule has 0 aliphatic heterocycles. The quantitative estimate of drug-likeness (QED) is 0.502. The highest BCUT2D eigenvalue weighted by Gasteiger charge is 2.17. The number of alkyl halides is 2. The fraction of sp³-hybridized carbons (Fsp3) is 0.105. The Kier molecular flexibility index (Phi) is 4.74. The highest BCUT2D eigenvalue weighted by atomic mass is 32.1. The molecule has 0 saturated heterocycles. The van der Waals surface area contributed by atoms with Gasteiger partial charge in [-0.1, -0.05) is 18.2 Å². The molecule has 0 aliphatic carbocycles. The lowest BCUT2D eigenvalue weighted by molar-refractivity contribution is -0.0498. The maximum absolute atomic E-state index is 12.6. The minimum absolute atomic E-state index is 0.0746. The number of amides is 1. The van der Waals surface area contributed by atoms with Gasteiger partial charge < -0.3 is 4.74 Å². The van der Waals surface area contributed by atoms with Crippen molar-refractivity contribution in [3.8, 4) is 17.0 Å². The summed E-state index contributed by atoms with van der Waals surface area (Å²) in [7, 11) is 0. The summed E-state index contributed by atoms with van der Waals surface area (Å²) in [6, 6.07) is 13.5. The average Bonchev–Trinajstić information content (AvgIpc) is 3.25. The molecular formula is C19H14F2N4O2S. The Balaban J connectivity index is 1.55. The van der Waals surface area contributed by atoms with Crippen LogP contribution >= 0.6 is 11.3 Å². The second-order valence-electron chi connectivity index (χ2n) is 5.90. The zero-order chi connectivity index (χ0) is 19.7. The third-order valence-corrected chi connectivity index (χ3v) is 4.94. The van der Waals surface area contributed by atoms with Crippen LogP contribution in [0.1, 0.15) is 15.4 Å². The van der Waals surface area contributed by atoms with Crippen LogP contribution in [-0.2, 0) is 0 Å². The molecule has 142 valence electrons. The minimum atomic E-state index is -2.87. The van der Waals surface area contributed by atoms with Crippen LogP contribution in [0.2, 0.25) is 0 Å². The molecule has 2 heterocycles. The predicted molar refractivity (Wildman–Crippen MR) is 103 cm³/mol. The second kappa shape index (κ2) is 7.35. The van der Waals surface area contributed by atoms with Crippen LogP contribution in [0.5, 0.6) is 5.75 Å². The van der Waals surface area contributed by atoms with Gasteiger partial charge in [-0.15, -0.1) is 11.3 Å². The highest BCUT2D eigenvalue weighted by Crippen LogP contribution is 2.32. The van der Waals surface area contributed by atoms with Gasteiger partial charge in [0.25, 0.3) is 5.91 Å². The van der Waals surface area contributed by atoms with Crippen molar-refractivity contribution >= 4 is 33.3 Å². The number of anilines is 1. The Hall–Kier alpha value is -3.33. The lowest BCUT2D eigenvalue weighted by atomic mass is 10.1. The summed E-state index contributed by atoms with van der Waals surface area (Å²) in [4.78, 5) is 17.9. The molecule has 0 unspecified atom stereocenters. The first-order chi connectivity index (χ1) is 13.5. The molecule has 0 atom stereocenters. The number of nitrogens with zero attached hydrogens (tertiary/aromatic N) is 2. The first kappa shape index (κ1) is 18.1. The SMILES string of the molecule is Cc1sc(NC(=O)c2n[nH]c3ccccc23)nc1-c1ccc(OC(F)F)cc1. The maximum Gasteiger partial charge on any atom is 0.387 e. The minimum Gasteiger partial charge on any atom is -0.435 e. The van der Waals surface area contributed by atoms with E-state index in [4.69, 9.17) is 0 Å². The van der Waals surface area contributed by atoms with Crippen molar-refractivity contribution in [3.63, 3.8) is 0 Å². The lowest BCUT2D eigenvalue weighted by Crippen LogP contribution is -2.12. The van der Waals surface area contributed by atoms with Gasteiger partial charge >= 0.3 is 6.61 Å². The van der Waals surface area contributed by atoms with Crippen LogP contribution in [0.25, 0.3) is 22.2 Å². The Bertz CT molecular complexity index is 1140. The third-order valence-electron chi connectivity index (χ3n) is 4.06. The summed E-state index contributed by atoms with van der Waals surface area (Å²) >= 11 is 1.32. The van der Waals surface area contributed by atoms with E-state index in [0.717, 1.165) is 21.3 Å². The molecule has 0 saturated carbocycles. The largest absolute Gasteiger partial charge is 0.435 e. The number of thiazole rings is 1. The van der Waals surface area contributed by atoms with E-state index >= 15 is 0 Å². The van der Waals surface area contributed by atoms with Gasteiger partial charge in [0.1, 0.15) is 5.75 Å². The van der Waals surface area contributed by atoms with E-state index in [1.54, 1.807) is 12.1 Å². The lowest BCUT2D eigenvalue weighted by Gasteiger charge is -2.05. The number of aromatic amines is 1. The van der Waals surface area contributed by atoms with Crippen LogP contribution in [0, 0.1) is 6.92 Å². The molecule has 4 aromatic rings. The Morgan fingerprint density at radius 1 is 1.18 bits per heavy atom. The molecule has 0 bridgehead atoms. The van der Waals surface area contributed by atoms with E-state index in [2.05, 4.69) is 25.2 Å². The molecule has 2 N–H and O–H groups in total. The number of nitrogens with one attached hydrogen (secondary N) is 2. The molecule has 2 aromatic carbocycles. The number of aryl methyl sites for hydroxylation is 1. The number of para-hydroxylation sites is 1. The fourth-order valence-electron chi connectivity index (χ4n) is 2.80. The monoisotopic (exact) mass is 400 g/mol. The molecule has 1 amide bonds. The number of aromatic nitrogens is 3. The number of hydrogen-bond acceptors (Lipinski definition) is 5. The van der Waals surface area contributed by atoms with Crippen LogP contribution < -0.4 is 10.1 Å². The van der Waals surface area contributed by atoms with Gasteiger partial charge in [0.05, 0.1) is 11.2 Å². The number of hydrogen-bond donors (Lipinski definition) is 2. The van der Waals surface area contributed by atoms with E-state index in [9.17, 15) is 13.6 Å². The molecule has 0 fully saturated rings. The van der Waals surface area contributed by atoms with E-state index in [1.807, 2.05) is 31.2 Å². The van der Waals surface area contributed by atoms with Crippen molar-refractivity contribution in [3.05, 3.63) is 59.1 Å². The molecule has 28 heavy (non-hydrogen) atoms. The number of carbonyl (C=O) groups is 1. The smallest absolute Gasteiger partial charge is 0.387 e. The van der Waals surface area contributed by atoms with Crippen molar-refractivity contribution in [1.29, 1.82) is 0 Å². The molecule has 6 nitrogen and oxygen atoms in total. The van der Waals surface area contributed by atoms with Crippen LogP contribution in [0.3, 0.4) is 0 Å². The third kappa shape index (κ3) is 3.56. The normalized spacial score (nSPS) is 11.1. The molecule has 9 heteroatoms. The molecular weight excluding hydrogens is 386 g/mol. The number of halogens is 2. The van der Waals surface area contributed by atoms with Crippen molar-refractivity contribution < 1.29 is 18.3 Å². The summed E-state index contributed by atoms with van der Waals surface area (Å²) in [5.41, 5.74) is 2.46. The van der Waals surface area contributed by atoms with Gasteiger partial charge in [-0.05, 0) is 37.3 Å². The van der Waals surface area contributed by atoms with E-state index < -0.39 is 6.61 Å². The average molecular weight is 400 g/mol.